The summed E-state index contributed by atoms with van der Waals surface area (Å²) < 4.78 is 0. The Morgan fingerprint density at radius 2 is 1.47 bits per heavy atom. The van der Waals surface area contributed by atoms with Crippen molar-refractivity contribution in [1.29, 1.82) is 0 Å². The molecule has 2 heteroatoms. The molecule has 96 valence electrons. The highest BCUT2D eigenvalue weighted by atomic mass is 16.2. The zero-order valence-electron chi connectivity index (χ0n) is 11.0. The third kappa shape index (κ3) is 2.11. The average Bonchev–Trinajstić information content (AvgIpc) is 2.59. The molecule has 2 nitrogen and oxygen atoms in total. The van der Waals surface area contributed by atoms with Gasteiger partial charge in [-0.15, -0.1) is 0 Å². The quantitative estimate of drug-likeness (QED) is 0.682. The number of carbonyl (C=O) groups excluding carboxylic acids is 1. The summed E-state index contributed by atoms with van der Waals surface area (Å²) in [6, 6.07) is 1.22. The second-order valence-corrected chi connectivity index (χ2v) is 6.52. The van der Waals surface area contributed by atoms with E-state index in [1.807, 2.05) is 0 Å². The maximum atomic E-state index is 12.6. The SMILES string of the molecule is C[C@H]1CC[C@@H](C(=O)N2[C@@H]3CCC[C@H]2CC3)CC1. The van der Waals surface area contributed by atoms with Crippen LogP contribution >= 0.6 is 0 Å². The molecular weight excluding hydrogens is 210 g/mol. The smallest absolute Gasteiger partial charge is 0.226 e. The van der Waals surface area contributed by atoms with Crippen molar-refractivity contribution in [2.45, 2.75) is 76.8 Å². The Kier molecular flexibility index (Phi) is 3.14. The minimum Gasteiger partial charge on any atom is -0.336 e. The standard InChI is InChI=1S/C15H25NO/c1-11-5-7-12(8-6-11)15(17)16-13-3-2-4-14(16)10-9-13/h11-14H,2-10H2,1H3/t11-,12+,13-,14+. The maximum absolute atomic E-state index is 12.6. The highest BCUT2D eigenvalue weighted by molar-refractivity contribution is 5.80. The fourth-order valence-corrected chi connectivity index (χ4v) is 4.19. The minimum atomic E-state index is 0.368. The summed E-state index contributed by atoms with van der Waals surface area (Å²) >= 11 is 0. The summed E-state index contributed by atoms with van der Waals surface area (Å²) in [6.07, 6.45) is 11.3. The number of fused-ring (bicyclic) bond motifs is 2. The molecule has 0 radical (unpaired) electrons. The van der Waals surface area contributed by atoms with Crippen molar-refractivity contribution in [1.82, 2.24) is 4.90 Å². The summed E-state index contributed by atoms with van der Waals surface area (Å²) in [7, 11) is 0. The third-order valence-electron chi connectivity index (χ3n) is 5.31. The molecule has 3 aliphatic rings. The first-order chi connectivity index (χ1) is 8.25. The largest absolute Gasteiger partial charge is 0.336 e. The van der Waals surface area contributed by atoms with Gasteiger partial charge in [0.15, 0.2) is 0 Å². The van der Waals surface area contributed by atoms with E-state index in [4.69, 9.17) is 0 Å². The molecule has 1 saturated carbocycles. The van der Waals surface area contributed by atoms with Gasteiger partial charge in [0, 0.05) is 18.0 Å². The molecule has 2 aliphatic heterocycles. The Morgan fingerprint density at radius 1 is 0.882 bits per heavy atom. The number of nitrogens with zero attached hydrogens (tertiary/aromatic N) is 1. The predicted octanol–water partition coefficient (Wildman–Crippen LogP) is 3.36. The maximum Gasteiger partial charge on any atom is 0.226 e. The molecule has 0 spiro atoms. The van der Waals surface area contributed by atoms with E-state index in [1.165, 1.54) is 44.9 Å². The van der Waals surface area contributed by atoms with Gasteiger partial charge in [-0.25, -0.2) is 0 Å². The number of piperidine rings is 1. The van der Waals surface area contributed by atoms with Crippen LogP contribution in [0, 0.1) is 11.8 Å². The van der Waals surface area contributed by atoms with Crippen molar-refractivity contribution in [3.8, 4) is 0 Å². The predicted molar refractivity (Wildman–Crippen MR) is 68.6 cm³/mol. The van der Waals surface area contributed by atoms with Crippen molar-refractivity contribution in [2.75, 3.05) is 0 Å². The van der Waals surface area contributed by atoms with Gasteiger partial charge in [-0.1, -0.05) is 6.92 Å². The van der Waals surface area contributed by atoms with Gasteiger partial charge in [0.05, 0.1) is 0 Å². The normalized spacial score (nSPS) is 41.6. The first-order valence-electron chi connectivity index (χ1n) is 7.58. The van der Waals surface area contributed by atoms with Crippen LogP contribution in [-0.4, -0.2) is 22.9 Å². The molecule has 3 fully saturated rings. The molecule has 0 aromatic heterocycles. The summed E-state index contributed by atoms with van der Waals surface area (Å²) in [5.41, 5.74) is 0. The Morgan fingerprint density at radius 3 is 2.06 bits per heavy atom. The number of rotatable bonds is 1. The van der Waals surface area contributed by atoms with Crippen LogP contribution < -0.4 is 0 Å². The second-order valence-electron chi connectivity index (χ2n) is 6.52. The van der Waals surface area contributed by atoms with Crippen LogP contribution in [0.5, 0.6) is 0 Å². The highest BCUT2D eigenvalue weighted by Crippen LogP contribution is 2.39. The summed E-state index contributed by atoms with van der Waals surface area (Å²) in [6.45, 7) is 2.32. The van der Waals surface area contributed by atoms with Gasteiger partial charge in [-0.2, -0.15) is 0 Å². The Balaban J connectivity index is 1.66. The fraction of sp³-hybridized carbons (Fsp3) is 0.933. The topological polar surface area (TPSA) is 20.3 Å². The lowest BCUT2D eigenvalue weighted by molar-refractivity contribution is -0.141. The lowest BCUT2D eigenvalue weighted by Crippen LogP contribution is -2.47. The first kappa shape index (κ1) is 11.6. The molecule has 1 aliphatic carbocycles. The van der Waals surface area contributed by atoms with E-state index in [2.05, 4.69) is 11.8 Å². The summed E-state index contributed by atoms with van der Waals surface area (Å²) in [5.74, 6) is 1.73. The number of hydrogen-bond donors (Lipinski definition) is 0. The van der Waals surface area contributed by atoms with Crippen molar-refractivity contribution >= 4 is 5.91 Å². The van der Waals surface area contributed by atoms with Gasteiger partial charge in [0.2, 0.25) is 5.91 Å². The molecule has 0 N–H and O–H groups in total. The van der Waals surface area contributed by atoms with Gasteiger partial charge >= 0.3 is 0 Å². The van der Waals surface area contributed by atoms with E-state index in [9.17, 15) is 4.79 Å². The van der Waals surface area contributed by atoms with Crippen molar-refractivity contribution in [3.05, 3.63) is 0 Å². The molecule has 0 aromatic rings. The van der Waals surface area contributed by atoms with Crippen molar-refractivity contribution in [2.24, 2.45) is 11.8 Å². The lowest BCUT2D eigenvalue weighted by Gasteiger charge is -2.38. The second kappa shape index (κ2) is 4.62. The number of amides is 1. The van der Waals surface area contributed by atoms with Gasteiger partial charge in [-0.05, 0) is 63.7 Å². The zero-order valence-corrected chi connectivity index (χ0v) is 11.0. The number of hydrogen-bond acceptors (Lipinski definition) is 1. The molecule has 3 rings (SSSR count). The van der Waals surface area contributed by atoms with E-state index in [0.717, 1.165) is 18.8 Å². The first-order valence-corrected chi connectivity index (χ1v) is 7.58. The van der Waals surface area contributed by atoms with E-state index in [0.29, 0.717) is 23.9 Å². The minimum absolute atomic E-state index is 0.368. The van der Waals surface area contributed by atoms with Crippen molar-refractivity contribution < 1.29 is 4.79 Å². The Hall–Kier alpha value is -0.530. The third-order valence-corrected chi connectivity index (χ3v) is 5.31. The molecule has 2 saturated heterocycles. The zero-order chi connectivity index (χ0) is 11.8. The van der Waals surface area contributed by atoms with E-state index in [-0.39, 0.29) is 0 Å². The summed E-state index contributed by atoms with van der Waals surface area (Å²) in [5, 5.41) is 0. The average molecular weight is 235 g/mol. The Labute approximate surface area is 105 Å². The van der Waals surface area contributed by atoms with Crippen LogP contribution in [0.4, 0.5) is 0 Å². The molecule has 0 unspecified atom stereocenters. The molecule has 1 amide bonds. The molecule has 2 heterocycles. The molecule has 0 aromatic carbocycles. The van der Waals surface area contributed by atoms with Gasteiger partial charge in [-0.3, -0.25) is 4.79 Å². The number of carbonyl (C=O) groups is 1. The highest BCUT2D eigenvalue weighted by Gasteiger charge is 2.41. The van der Waals surface area contributed by atoms with Gasteiger partial charge in [0.25, 0.3) is 0 Å². The van der Waals surface area contributed by atoms with Gasteiger partial charge < -0.3 is 4.90 Å². The van der Waals surface area contributed by atoms with Crippen LogP contribution in [0.2, 0.25) is 0 Å². The van der Waals surface area contributed by atoms with Crippen molar-refractivity contribution in [3.63, 3.8) is 0 Å². The van der Waals surface area contributed by atoms with E-state index in [1.54, 1.807) is 0 Å². The molecule has 2 bridgehead atoms. The van der Waals surface area contributed by atoms with Crippen LogP contribution in [0.3, 0.4) is 0 Å². The molecule has 2 atom stereocenters. The fourth-order valence-electron chi connectivity index (χ4n) is 4.19. The van der Waals surface area contributed by atoms with E-state index < -0.39 is 0 Å². The van der Waals surface area contributed by atoms with Crippen LogP contribution in [0.15, 0.2) is 0 Å². The van der Waals surface area contributed by atoms with E-state index >= 15 is 0 Å². The lowest BCUT2D eigenvalue weighted by atomic mass is 9.82. The monoisotopic (exact) mass is 235 g/mol. The summed E-state index contributed by atoms with van der Waals surface area (Å²) in [4.78, 5) is 15.0. The van der Waals surface area contributed by atoms with Gasteiger partial charge in [0.1, 0.15) is 0 Å². The molecular formula is C15H25NO. The van der Waals surface area contributed by atoms with Crippen LogP contribution in [-0.2, 0) is 4.79 Å². The Bertz CT molecular complexity index is 277. The molecule has 17 heavy (non-hydrogen) atoms. The van der Waals surface area contributed by atoms with Crippen LogP contribution in [0.1, 0.15) is 64.7 Å². The van der Waals surface area contributed by atoms with Crippen LogP contribution in [0.25, 0.3) is 0 Å².